The molecule has 1 aliphatic rings. The van der Waals surface area contributed by atoms with Crippen LogP contribution in [0.1, 0.15) is 23.1 Å². The zero-order valence-electron chi connectivity index (χ0n) is 21.8. The van der Waals surface area contributed by atoms with Crippen molar-refractivity contribution in [3.05, 3.63) is 83.4 Å². The van der Waals surface area contributed by atoms with Crippen molar-refractivity contribution in [2.45, 2.75) is 19.7 Å². The highest BCUT2D eigenvalue weighted by molar-refractivity contribution is 8.14. The highest BCUT2D eigenvalue weighted by Crippen LogP contribution is 2.30. The van der Waals surface area contributed by atoms with Gasteiger partial charge < -0.3 is 20.1 Å². The van der Waals surface area contributed by atoms with Gasteiger partial charge in [0.2, 0.25) is 0 Å². The van der Waals surface area contributed by atoms with E-state index in [1.165, 1.54) is 30.6 Å². The molecule has 0 spiro atoms. The molecule has 40 heavy (non-hydrogen) atoms. The van der Waals surface area contributed by atoms with Gasteiger partial charge in [0.1, 0.15) is 23.7 Å². The van der Waals surface area contributed by atoms with Gasteiger partial charge in [-0.15, -0.1) is 18.3 Å². The summed E-state index contributed by atoms with van der Waals surface area (Å²) in [5.41, 5.74) is 10.1. The van der Waals surface area contributed by atoms with E-state index >= 15 is 0 Å². The van der Waals surface area contributed by atoms with Crippen LogP contribution in [-0.2, 0) is 0 Å². The Kier molecular flexibility index (Phi) is 9.43. The zero-order chi connectivity index (χ0) is 28.5. The molecular formula is C28H27F3N6O2S. The summed E-state index contributed by atoms with van der Waals surface area (Å²) in [6.45, 7) is 2.91. The number of halogens is 3. The first kappa shape index (κ1) is 28.7. The van der Waals surface area contributed by atoms with Gasteiger partial charge in [-0.25, -0.2) is 9.98 Å². The van der Waals surface area contributed by atoms with Gasteiger partial charge in [-0.3, -0.25) is 0 Å². The average molecular weight is 569 g/mol. The summed E-state index contributed by atoms with van der Waals surface area (Å²) in [5, 5.41) is 9.63. The molecule has 0 unspecified atom stereocenters. The minimum Gasteiger partial charge on any atom is -0.497 e. The van der Waals surface area contributed by atoms with Crippen LogP contribution in [0.15, 0.2) is 86.9 Å². The topological polar surface area (TPSA) is 97.2 Å². The molecule has 1 heterocycles. The van der Waals surface area contributed by atoms with Crippen LogP contribution in [0.3, 0.4) is 0 Å². The Morgan fingerprint density at radius 2 is 1.75 bits per heavy atom. The summed E-state index contributed by atoms with van der Waals surface area (Å²) >= 11 is 1.67. The van der Waals surface area contributed by atoms with Gasteiger partial charge in [0, 0.05) is 23.5 Å². The molecule has 0 atom stereocenters. The lowest BCUT2D eigenvalue weighted by atomic mass is 10.1. The van der Waals surface area contributed by atoms with Crippen molar-refractivity contribution in [2.24, 2.45) is 25.9 Å². The Morgan fingerprint density at radius 1 is 1.02 bits per heavy atom. The van der Waals surface area contributed by atoms with Crippen LogP contribution >= 0.6 is 11.8 Å². The molecule has 2 N–H and O–H groups in total. The number of amidine groups is 2. The summed E-state index contributed by atoms with van der Waals surface area (Å²) in [7, 11) is 1.65. The number of nitrogens with zero attached hydrogens (tertiary/aromatic N) is 5. The Hall–Kier alpha value is -4.32. The number of rotatable bonds is 8. The number of benzene rings is 3. The molecule has 0 radical (unpaired) electrons. The molecule has 0 saturated carbocycles. The van der Waals surface area contributed by atoms with Crippen LogP contribution in [0.5, 0.6) is 11.5 Å². The monoisotopic (exact) mass is 568 g/mol. The van der Waals surface area contributed by atoms with E-state index in [0.29, 0.717) is 11.3 Å². The van der Waals surface area contributed by atoms with Gasteiger partial charge in [-0.05, 0) is 66.9 Å². The van der Waals surface area contributed by atoms with Crippen molar-refractivity contribution in [3.63, 3.8) is 0 Å². The van der Waals surface area contributed by atoms with E-state index in [4.69, 9.17) is 10.5 Å². The van der Waals surface area contributed by atoms with Crippen LogP contribution in [-0.4, -0.2) is 49.3 Å². The Bertz CT molecular complexity index is 1420. The molecule has 1 saturated heterocycles. The molecule has 3 aromatic rings. The fourth-order valence-corrected chi connectivity index (χ4v) is 4.68. The first-order valence-electron chi connectivity index (χ1n) is 12.2. The Morgan fingerprint density at radius 3 is 2.42 bits per heavy atom. The summed E-state index contributed by atoms with van der Waals surface area (Å²) in [5.74, 6) is 1.70. The largest absolute Gasteiger partial charge is 0.573 e. The average Bonchev–Trinajstić information content (AvgIpc) is 2.94. The van der Waals surface area contributed by atoms with Gasteiger partial charge in [0.05, 0.1) is 19.0 Å². The second kappa shape index (κ2) is 13.2. The molecule has 4 rings (SSSR count). The third kappa shape index (κ3) is 8.09. The number of aliphatic imine (C=N–C) groups is 2. The van der Waals surface area contributed by atoms with Gasteiger partial charge in [0.25, 0.3) is 0 Å². The second-order valence-electron chi connectivity index (χ2n) is 8.56. The molecule has 3 aromatic carbocycles. The molecule has 8 nitrogen and oxygen atoms in total. The molecule has 1 aliphatic heterocycles. The number of thioether (sulfide) groups is 1. The smallest absolute Gasteiger partial charge is 0.497 e. The van der Waals surface area contributed by atoms with E-state index in [2.05, 4.69) is 36.7 Å². The number of alkyl halides is 3. The third-order valence-electron chi connectivity index (χ3n) is 5.71. The minimum atomic E-state index is -4.74. The lowest BCUT2D eigenvalue weighted by Gasteiger charge is -2.30. The first-order valence-corrected chi connectivity index (χ1v) is 13.2. The highest BCUT2D eigenvalue weighted by atomic mass is 32.2. The summed E-state index contributed by atoms with van der Waals surface area (Å²) in [6.07, 6.45) is -0.785. The van der Waals surface area contributed by atoms with Crippen molar-refractivity contribution in [2.75, 3.05) is 24.3 Å². The van der Waals surface area contributed by atoms with Crippen molar-refractivity contribution < 1.29 is 22.6 Å². The molecule has 0 amide bonds. The number of hydrogen-bond donors (Lipinski definition) is 1. The maximum atomic E-state index is 12.3. The summed E-state index contributed by atoms with van der Waals surface area (Å²) in [6, 6.07) is 18.4. The van der Waals surface area contributed by atoms with Crippen LogP contribution in [0.2, 0.25) is 0 Å². The molecule has 0 aromatic heterocycles. The van der Waals surface area contributed by atoms with Crippen LogP contribution < -0.4 is 20.1 Å². The van der Waals surface area contributed by atoms with Crippen molar-refractivity contribution in [3.8, 4) is 11.5 Å². The van der Waals surface area contributed by atoms with Crippen molar-refractivity contribution >= 4 is 46.7 Å². The zero-order valence-corrected chi connectivity index (χ0v) is 22.6. The van der Waals surface area contributed by atoms with E-state index in [9.17, 15) is 13.2 Å². The molecule has 0 bridgehead atoms. The molecule has 12 heteroatoms. The van der Waals surface area contributed by atoms with Crippen LogP contribution in [0.4, 0.5) is 24.5 Å². The van der Waals surface area contributed by atoms with E-state index in [-0.39, 0.29) is 11.6 Å². The molecular weight excluding hydrogens is 541 g/mol. The normalized spacial score (nSPS) is 15.8. The maximum Gasteiger partial charge on any atom is 0.573 e. The van der Waals surface area contributed by atoms with Crippen LogP contribution in [0.25, 0.3) is 0 Å². The fraction of sp³-hybridized carbons (Fsp3) is 0.214. The maximum absolute atomic E-state index is 12.3. The number of nitrogens with two attached hydrogens (primary N) is 1. The lowest BCUT2D eigenvalue weighted by Crippen LogP contribution is -2.34. The number of anilines is 1. The van der Waals surface area contributed by atoms with Gasteiger partial charge >= 0.3 is 6.36 Å². The Balaban J connectivity index is 1.38. The number of hydrogen-bond acceptors (Lipinski definition) is 6. The summed E-state index contributed by atoms with van der Waals surface area (Å²) in [4.78, 5) is 10.3. The minimum absolute atomic E-state index is 0.230. The number of methoxy groups -OCH3 is 1. The van der Waals surface area contributed by atoms with Gasteiger partial charge in [-0.1, -0.05) is 36.0 Å². The standard InChI is InChI=1S/C28H27F3N6O2S/c1-19-16-24(38-2)12-13-25(19)37-14-3-15-40-27(37)36-35-17-20-4-6-21(7-5-20)26(32)34-18-33-22-8-10-23(11-9-22)39-28(29,30)31/h4-13,16-18H,3,14-15H2,1-2H3,(H2,32,33,34)/b35-17-,36-27+. The predicted octanol–water partition coefficient (Wildman–Crippen LogP) is 6.30. The highest BCUT2D eigenvalue weighted by Gasteiger charge is 2.30. The lowest BCUT2D eigenvalue weighted by molar-refractivity contribution is -0.274. The first-order chi connectivity index (χ1) is 19.2. The van der Waals surface area contributed by atoms with Crippen molar-refractivity contribution in [1.29, 1.82) is 0 Å². The van der Waals surface area contributed by atoms with E-state index in [0.717, 1.165) is 46.4 Å². The number of ether oxygens (including phenoxy) is 2. The van der Waals surface area contributed by atoms with E-state index in [1.807, 2.05) is 30.3 Å². The van der Waals surface area contributed by atoms with Crippen LogP contribution in [0, 0.1) is 6.92 Å². The molecule has 208 valence electrons. The second-order valence-corrected chi connectivity index (χ2v) is 9.62. The quantitative estimate of drug-likeness (QED) is 0.195. The predicted molar refractivity (Wildman–Crippen MR) is 156 cm³/mol. The molecule has 0 aliphatic carbocycles. The van der Waals surface area contributed by atoms with E-state index < -0.39 is 6.36 Å². The fourth-order valence-electron chi connectivity index (χ4n) is 3.77. The van der Waals surface area contributed by atoms with Crippen molar-refractivity contribution in [1.82, 2.24) is 0 Å². The van der Waals surface area contributed by atoms with Gasteiger partial charge in [0.15, 0.2) is 5.17 Å². The SMILES string of the molecule is COc1ccc(N2CCCS/C2=N/N=C\c2ccc(C(N)=NC=Nc3ccc(OC(F)(F)F)cc3)cc2)c(C)c1. The summed E-state index contributed by atoms with van der Waals surface area (Å²) < 4.78 is 45.9. The van der Waals surface area contributed by atoms with E-state index in [1.54, 1.807) is 37.2 Å². The molecule has 1 fully saturated rings. The van der Waals surface area contributed by atoms with Gasteiger partial charge in [-0.2, -0.15) is 5.10 Å². The third-order valence-corrected chi connectivity index (χ3v) is 6.77. The number of aryl methyl sites for hydroxylation is 1. The Labute approximate surface area is 234 Å².